The molecule has 0 aliphatic heterocycles. The lowest BCUT2D eigenvalue weighted by atomic mass is 10.1. The van der Waals surface area contributed by atoms with Gasteiger partial charge in [-0.3, -0.25) is 4.79 Å². The van der Waals surface area contributed by atoms with E-state index in [1.165, 1.54) is 18.2 Å². The number of anilines is 1. The molecule has 0 heterocycles. The van der Waals surface area contributed by atoms with E-state index in [-0.39, 0.29) is 12.1 Å². The van der Waals surface area contributed by atoms with Gasteiger partial charge in [-0.15, -0.1) is 0 Å². The summed E-state index contributed by atoms with van der Waals surface area (Å²) in [4.78, 5) is 13.8. The number of carbonyl (C=O) groups is 1. The van der Waals surface area contributed by atoms with E-state index in [2.05, 4.69) is 15.5 Å². The van der Waals surface area contributed by atoms with Crippen LogP contribution in [0.25, 0.3) is 0 Å². The minimum atomic E-state index is -4.48. The van der Waals surface area contributed by atoms with Crippen molar-refractivity contribution in [3.05, 3.63) is 29.8 Å². The molecule has 0 saturated heterocycles. The van der Waals surface area contributed by atoms with Crippen LogP contribution in [-0.2, 0) is 11.0 Å². The highest BCUT2D eigenvalue weighted by atomic mass is 19.4. The number of amides is 1. The van der Waals surface area contributed by atoms with Gasteiger partial charge in [0.05, 0.1) is 11.3 Å². The molecule has 0 fully saturated rings. The normalized spacial score (nSPS) is 11.7. The summed E-state index contributed by atoms with van der Waals surface area (Å²) < 4.78 is 38.4. The van der Waals surface area contributed by atoms with Gasteiger partial charge in [0.2, 0.25) is 5.91 Å². The third kappa shape index (κ3) is 6.91. The van der Waals surface area contributed by atoms with Crippen LogP contribution in [0.5, 0.6) is 0 Å². The van der Waals surface area contributed by atoms with Crippen molar-refractivity contribution in [3.63, 3.8) is 0 Å². The standard InChI is InChI=1S/C15H22F3N3O/c1-21(2)11-5-9-19-10-8-14(22)20-13-7-4-3-6-12(13)15(16,17)18/h3-4,6-7,19H,5,8-11H2,1-2H3,(H,20,22). The number of hydrogen-bond acceptors (Lipinski definition) is 3. The van der Waals surface area contributed by atoms with Crippen LogP contribution in [0.15, 0.2) is 24.3 Å². The van der Waals surface area contributed by atoms with Crippen molar-refractivity contribution < 1.29 is 18.0 Å². The molecule has 0 atom stereocenters. The van der Waals surface area contributed by atoms with Crippen LogP contribution >= 0.6 is 0 Å². The monoisotopic (exact) mass is 317 g/mol. The molecular formula is C15H22F3N3O. The summed E-state index contributed by atoms with van der Waals surface area (Å²) in [6, 6.07) is 4.97. The summed E-state index contributed by atoms with van der Waals surface area (Å²) in [5, 5.41) is 5.41. The molecule has 0 bridgehead atoms. The second kappa shape index (κ2) is 8.75. The second-order valence-electron chi connectivity index (χ2n) is 5.25. The van der Waals surface area contributed by atoms with E-state index in [0.717, 1.165) is 25.6 Å². The molecule has 1 aromatic rings. The molecule has 1 amide bonds. The van der Waals surface area contributed by atoms with Crippen molar-refractivity contribution in [1.29, 1.82) is 0 Å². The molecular weight excluding hydrogens is 295 g/mol. The summed E-state index contributed by atoms with van der Waals surface area (Å²) in [5.41, 5.74) is -1.03. The number of nitrogens with one attached hydrogen (secondary N) is 2. The second-order valence-corrected chi connectivity index (χ2v) is 5.25. The number of benzene rings is 1. The topological polar surface area (TPSA) is 44.4 Å². The van der Waals surface area contributed by atoms with Crippen molar-refractivity contribution >= 4 is 11.6 Å². The van der Waals surface area contributed by atoms with E-state index >= 15 is 0 Å². The first kappa shape index (κ1) is 18.4. The summed E-state index contributed by atoms with van der Waals surface area (Å²) in [7, 11) is 3.96. The Morgan fingerprint density at radius 1 is 1.18 bits per heavy atom. The van der Waals surface area contributed by atoms with Crippen molar-refractivity contribution in [1.82, 2.24) is 10.2 Å². The molecule has 0 radical (unpaired) electrons. The molecule has 7 heteroatoms. The van der Waals surface area contributed by atoms with Crippen molar-refractivity contribution in [2.24, 2.45) is 0 Å². The van der Waals surface area contributed by atoms with Gasteiger partial charge in [-0.25, -0.2) is 0 Å². The maximum Gasteiger partial charge on any atom is 0.418 e. The number of carbonyl (C=O) groups excluding carboxylic acids is 1. The quantitative estimate of drug-likeness (QED) is 0.724. The van der Waals surface area contributed by atoms with Gasteiger partial charge in [-0.1, -0.05) is 12.1 Å². The lowest BCUT2D eigenvalue weighted by molar-refractivity contribution is -0.137. The smallest absolute Gasteiger partial charge is 0.325 e. The molecule has 0 spiro atoms. The molecule has 1 rings (SSSR count). The highest BCUT2D eigenvalue weighted by Gasteiger charge is 2.33. The Labute approximate surface area is 128 Å². The molecule has 22 heavy (non-hydrogen) atoms. The average molecular weight is 317 g/mol. The Bertz CT molecular complexity index is 475. The summed E-state index contributed by atoms with van der Waals surface area (Å²) >= 11 is 0. The first-order chi connectivity index (χ1) is 10.3. The summed E-state index contributed by atoms with van der Waals surface area (Å²) in [6.07, 6.45) is -3.39. The van der Waals surface area contributed by atoms with Crippen LogP contribution in [0, 0.1) is 0 Å². The van der Waals surface area contributed by atoms with E-state index in [0.29, 0.717) is 6.54 Å². The lowest BCUT2D eigenvalue weighted by Gasteiger charge is -2.13. The predicted octanol–water partition coefficient (Wildman–Crippen LogP) is 2.58. The van der Waals surface area contributed by atoms with Crippen LogP contribution in [0.1, 0.15) is 18.4 Å². The number of hydrogen-bond donors (Lipinski definition) is 2. The van der Waals surface area contributed by atoms with E-state index < -0.39 is 17.6 Å². The van der Waals surface area contributed by atoms with Crippen LogP contribution < -0.4 is 10.6 Å². The number of rotatable bonds is 8. The van der Waals surface area contributed by atoms with Crippen LogP contribution in [0.2, 0.25) is 0 Å². The van der Waals surface area contributed by atoms with Gasteiger partial charge >= 0.3 is 6.18 Å². The number of para-hydroxylation sites is 1. The van der Waals surface area contributed by atoms with E-state index in [4.69, 9.17) is 0 Å². The van der Waals surface area contributed by atoms with Crippen molar-refractivity contribution in [2.75, 3.05) is 39.0 Å². The zero-order chi connectivity index (χ0) is 16.6. The summed E-state index contributed by atoms with van der Waals surface area (Å²) in [5.74, 6) is -0.434. The first-order valence-corrected chi connectivity index (χ1v) is 7.12. The largest absolute Gasteiger partial charge is 0.418 e. The molecule has 0 saturated carbocycles. The average Bonchev–Trinajstić information content (AvgIpc) is 2.41. The SMILES string of the molecule is CN(C)CCCNCCC(=O)Nc1ccccc1C(F)(F)F. The molecule has 0 aliphatic carbocycles. The zero-order valence-corrected chi connectivity index (χ0v) is 12.8. The maximum absolute atomic E-state index is 12.8. The van der Waals surface area contributed by atoms with Gasteiger partial charge in [0.15, 0.2) is 0 Å². The van der Waals surface area contributed by atoms with Gasteiger partial charge in [-0.2, -0.15) is 13.2 Å². The number of halogens is 3. The van der Waals surface area contributed by atoms with E-state index in [9.17, 15) is 18.0 Å². The van der Waals surface area contributed by atoms with E-state index in [1.807, 2.05) is 14.1 Å². The third-order valence-corrected chi connectivity index (χ3v) is 2.99. The van der Waals surface area contributed by atoms with E-state index in [1.54, 1.807) is 0 Å². The Hall–Kier alpha value is -1.60. The zero-order valence-electron chi connectivity index (χ0n) is 12.8. The lowest BCUT2D eigenvalue weighted by Crippen LogP contribution is -2.25. The van der Waals surface area contributed by atoms with Crippen LogP contribution in [0.3, 0.4) is 0 Å². The van der Waals surface area contributed by atoms with Crippen molar-refractivity contribution in [3.8, 4) is 0 Å². The Morgan fingerprint density at radius 2 is 1.86 bits per heavy atom. The molecule has 4 nitrogen and oxygen atoms in total. The van der Waals surface area contributed by atoms with Crippen LogP contribution in [-0.4, -0.2) is 44.5 Å². The molecule has 0 aliphatic rings. The highest BCUT2D eigenvalue weighted by molar-refractivity contribution is 5.91. The summed E-state index contributed by atoms with van der Waals surface area (Å²) in [6.45, 7) is 2.15. The fourth-order valence-corrected chi connectivity index (χ4v) is 1.90. The molecule has 1 aromatic carbocycles. The molecule has 124 valence electrons. The number of nitrogens with zero attached hydrogens (tertiary/aromatic N) is 1. The Morgan fingerprint density at radius 3 is 2.50 bits per heavy atom. The van der Waals surface area contributed by atoms with Gasteiger partial charge in [0, 0.05) is 13.0 Å². The van der Waals surface area contributed by atoms with Crippen LogP contribution in [0.4, 0.5) is 18.9 Å². The first-order valence-electron chi connectivity index (χ1n) is 7.12. The Kier molecular flexibility index (Phi) is 7.34. The van der Waals surface area contributed by atoms with Gasteiger partial charge in [0.1, 0.15) is 0 Å². The molecule has 2 N–H and O–H groups in total. The fraction of sp³-hybridized carbons (Fsp3) is 0.533. The maximum atomic E-state index is 12.8. The Balaban J connectivity index is 2.37. The minimum absolute atomic E-state index is 0.133. The molecule has 0 unspecified atom stereocenters. The highest BCUT2D eigenvalue weighted by Crippen LogP contribution is 2.34. The third-order valence-electron chi connectivity index (χ3n) is 2.99. The number of alkyl halides is 3. The predicted molar refractivity (Wildman–Crippen MR) is 80.7 cm³/mol. The van der Waals surface area contributed by atoms with Crippen molar-refractivity contribution in [2.45, 2.75) is 19.0 Å². The fourth-order valence-electron chi connectivity index (χ4n) is 1.90. The molecule has 0 aromatic heterocycles. The van der Waals surface area contributed by atoms with Gasteiger partial charge in [0.25, 0.3) is 0 Å². The van der Waals surface area contributed by atoms with Gasteiger partial charge < -0.3 is 15.5 Å². The van der Waals surface area contributed by atoms with Gasteiger partial charge in [-0.05, 0) is 45.7 Å². The minimum Gasteiger partial charge on any atom is -0.325 e.